The van der Waals surface area contributed by atoms with Crippen LogP contribution in [0, 0.1) is 0 Å². The van der Waals surface area contributed by atoms with Crippen molar-refractivity contribution >= 4 is 5.91 Å². The fraction of sp³-hybridized carbons (Fsp3) is 0.250. The molecule has 0 saturated heterocycles. The first kappa shape index (κ1) is 8.52. The normalized spacial score (nSPS) is 9.42. The maximum absolute atomic E-state index is 10.6. The zero-order chi connectivity index (χ0) is 8.97. The topological polar surface area (TPSA) is 61.9 Å². The van der Waals surface area contributed by atoms with E-state index in [-0.39, 0.29) is 11.8 Å². The van der Waals surface area contributed by atoms with E-state index in [2.05, 4.69) is 10.3 Å². The predicted octanol–water partition coefficient (Wildman–Crippen LogP) is 0.861. The number of hydrogen-bond acceptors (Lipinski definition) is 2. The maximum Gasteiger partial charge on any atom is 0.269 e. The van der Waals surface area contributed by atoms with Crippen LogP contribution in [0.1, 0.15) is 12.5 Å². The molecule has 1 N–H and O–H groups in total. The lowest BCUT2D eigenvalue weighted by molar-refractivity contribution is -0.119. The van der Waals surface area contributed by atoms with Gasteiger partial charge in [0.2, 0.25) is 5.91 Å². The van der Waals surface area contributed by atoms with Gasteiger partial charge in [-0.2, -0.15) is 0 Å². The summed E-state index contributed by atoms with van der Waals surface area (Å²) in [4.78, 5) is 14.0. The van der Waals surface area contributed by atoms with Crippen molar-refractivity contribution in [3.05, 3.63) is 23.9 Å². The average Bonchev–Trinajstić information content (AvgIpc) is 2.03. The van der Waals surface area contributed by atoms with Crippen molar-refractivity contribution in [2.45, 2.75) is 13.5 Å². The van der Waals surface area contributed by atoms with Crippen LogP contribution >= 0.6 is 0 Å². The lowest BCUT2D eigenvalue weighted by Crippen LogP contribution is -2.18. The second-order valence-electron chi connectivity index (χ2n) is 2.41. The van der Waals surface area contributed by atoms with Gasteiger partial charge in [-0.15, -0.1) is 0 Å². The molecule has 0 atom stereocenters. The van der Waals surface area contributed by atoms with Crippen LogP contribution in [-0.2, 0) is 16.4 Å². The fourth-order valence-corrected chi connectivity index (χ4v) is 0.742. The van der Waals surface area contributed by atoms with Gasteiger partial charge in [0, 0.05) is 25.7 Å². The number of nitrogens with zero attached hydrogens (tertiary/aromatic N) is 1. The molecular weight excluding hydrogens is 156 g/mol. The first-order valence-electron chi connectivity index (χ1n) is 3.55. The number of rotatable bonds is 2. The number of amides is 1. The molecule has 0 fully saturated rings. The quantitative estimate of drug-likeness (QED) is 0.706. The van der Waals surface area contributed by atoms with Gasteiger partial charge in [-0.1, -0.05) is 6.07 Å². The molecule has 0 aliphatic carbocycles. The Hall–Kier alpha value is -1.58. The molecule has 1 radical (unpaired) electrons. The first-order chi connectivity index (χ1) is 5.68. The molecule has 1 heterocycles. The Morgan fingerprint density at radius 1 is 1.58 bits per heavy atom. The summed E-state index contributed by atoms with van der Waals surface area (Å²) in [6, 6.07) is 3.02. The number of carbonyl (C=O) groups excluding carboxylic acids is 1. The number of hydrogen-bond donors (Lipinski definition) is 1. The van der Waals surface area contributed by atoms with Gasteiger partial charge in [-0.05, 0) is 5.56 Å². The summed E-state index contributed by atoms with van der Waals surface area (Å²) in [5.41, 5.74) is 0.824. The SMILES string of the molecule is CC(=O)NCc1ccc([O])nc1. The Labute approximate surface area is 70.3 Å². The van der Waals surface area contributed by atoms with Crippen molar-refractivity contribution in [2.75, 3.05) is 0 Å². The van der Waals surface area contributed by atoms with Gasteiger partial charge >= 0.3 is 0 Å². The molecule has 0 aliphatic rings. The third kappa shape index (κ3) is 2.57. The van der Waals surface area contributed by atoms with Gasteiger partial charge in [0.15, 0.2) is 0 Å². The molecule has 0 unspecified atom stereocenters. The van der Waals surface area contributed by atoms with Crippen LogP contribution in [0.3, 0.4) is 0 Å². The maximum atomic E-state index is 10.6. The average molecular weight is 165 g/mol. The van der Waals surface area contributed by atoms with E-state index in [9.17, 15) is 9.90 Å². The van der Waals surface area contributed by atoms with E-state index in [4.69, 9.17) is 0 Å². The van der Waals surface area contributed by atoms with Gasteiger partial charge < -0.3 is 5.32 Å². The largest absolute Gasteiger partial charge is 0.352 e. The minimum atomic E-state index is -0.262. The van der Waals surface area contributed by atoms with E-state index in [1.165, 1.54) is 19.2 Å². The molecule has 1 amide bonds. The van der Waals surface area contributed by atoms with Crippen LogP contribution in [0.25, 0.3) is 0 Å². The monoisotopic (exact) mass is 165 g/mol. The molecule has 4 nitrogen and oxygen atoms in total. The van der Waals surface area contributed by atoms with Crippen LogP contribution < -0.4 is 5.32 Å². The molecule has 1 rings (SSSR count). The molecule has 12 heavy (non-hydrogen) atoms. The summed E-state index contributed by atoms with van der Waals surface area (Å²) in [5, 5.41) is 13.2. The highest BCUT2D eigenvalue weighted by Crippen LogP contribution is 2.04. The zero-order valence-corrected chi connectivity index (χ0v) is 6.70. The van der Waals surface area contributed by atoms with Gasteiger partial charge in [0.25, 0.3) is 5.88 Å². The van der Waals surface area contributed by atoms with Crippen molar-refractivity contribution < 1.29 is 9.90 Å². The molecule has 0 aliphatic heterocycles. The van der Waals surface area contributed by atoms with E-state index < -0.39 is 0 Å². The van der Waals surface area contributed by atoms with Crippen molar-refractivity contribution in [3.63, 3.8) is 0 Å². The lowest BCUT2D eigenvalue weighted by atomic mass is 10.3. The van der Waals surface area contributed by atoms with Crippen LogP contribution in [0.2, 0.25) is 0 Å². The Balaban J connectivity index is 2.53. The fourth-order valence-electron chi connectivity index (χ4n) is 0.742. The highest BCUT2D eigenvalue weighted by Gasteiger charge is 1.95. The minimum Gasteiger partial charge on any atom is -0.352 e. The molecule has 0 saturated carbocycles. The summed E-state index contributed by atoms with van der Waals surface area (Å²) < 4.78 is 0. The van der Waals surface area contributed by atoms with E-state index >= 15 is 0 Å². The summed E-state index contributed by atoms with van der Waals surface area (Å²) in [5.74, 6) is -0.359. The molecule has 63 valence electrons. The van der Waals surface area contributed by atoms with Crippen molar-refractivity contribution in [1.29, 1.82) is 0 Å². The van der Waals surface area contributed by atoms with E-state index in [0.29, 0.717) is 6.54 Å². The van der Waals surface area contributed by atoms with Gasteiger partial charge in [0.05, 0.1) is 0 Å². The number of nitrogens with one attached hydrogen (secondary N) is 1. The molecule has 1 aromatic rings. The Morgan fingerprint density at radius 3 is 2.83 bits per heavy atom. The van der Waals surface area contributed by atoms with Crippen LogP contribution in [0.5, 0.6) is 5.88 Å². The highest BCUT2D eigenvalue weighted by atomic mass is 16.3. The third-order valence-electron chi connectivity index (χ3n) is 1.34. The van der Waals surface area contributed by atoms with Crippen molar-refractivity contribution in [1.82, 2.24) is 10.3 Å². The van der Waals surface area contributed by atoms with Gasteiger partial charge in [0.1, 0.15) is 0 Å². The summed E-state index contributed by atoms with van der Waals surface area (Å²) >= 11 is 0. The minimum absolute atomic E-state index is 0.0961. The summed E-state index contributed by atoms with van der Waals surface area (Å²) in [7, 11) is 0. The Morgan fingerprint density at radius 2 is 2.33 bits per heavy atom. The molecule has 4 heteroatoms. The highest BCUT2D eigenvalue weighted by molar-refractivity contribution is 5.72. The number of pyridine rings is 1. The van der Waals surface area contributed by atoms with Crippen LogP contribution in [0.15, 0.2) is 18.3 Å². The first-order valence-corrected chi connectivity index (χ1v) is 3.55. The van der Waals surface area contributed by atoms with E-state index in [1.807, 2.05) is 0 Å². The Kier molecular flexibility index (Phi) is 2.63. The third-order valence-corrected chi connectivity index (χ3v) is 1.34. The van der Waals surface area contributed by atoms with Gasteiger partial charge in [-0.3, -0.25) is 9.90 Å². The molecule has 1 aromatic heterocycles. The number of carbonyl (C=O) groups is 1. The Bertz CT molecular complexity index is 269. The van der Waals surface area contributed by atoms with E-state index in [0.717, 1.165) is 5.56 Å². The molecule has 0 aromatic carbocycles. The summed E-state index contributed by atoms with van der Waals surface area (Å²) in [6.07, 6.45) is 1.46. The zero-order valence-electron chi connectivity index (χ0n) is 6.70. The molecule has 0 spiro atoms. The van der Waals surface area contributed by atoms with Gasteiger partial charge in [-0.25, -0.2) is 4.98 Å². The van der Waals surface area contributed by atoms with Crippen LogP contribution in [-0.4, -0.2) is 10.9 Å². The second-order valence-corrected chi connectivity index (χ2v) is 2.41. The number of aromatic nitrogens is 1. The van der Waals surface area contributed by atoms with Crippen molar-refractivity contribution in [2.24, 2.45) is 0 Å². The molecule has 0 bridgehead atoms. The smallest absolute Gasteiger partial charge is 0.269 e. The lowest BCUT2D eigenvalue weighted by Gasteiger charge is -2.00. The van der Waals surface area contributed by atoms with Crippen molar-refractivity contribution in [3.8, 4) is 5.88 Å². The summed E-state index contributed by atoms with van der Waals surface area (Å²) in [6.45, 7) is 1.86. The standard InChI is InChI=1S/C8H9N2O2/c1-6(11)9-4-7-2-3-8(12)10-5-7/h2-3,5H,4H2,1H3,(H,9,11). The second kappa shape index (κ2) is 3.71. The van der Waals surface area contributed by atoms with E-state index in [1.54, 1.807) is 6.07 Å². The molecular formula is C8H9N2O2. The van der Waals surface area contributed by atoms with Crippen LogP contribution in [0.4, 0.5) is 0 Å². The predicted molar refractivity (Wildman–Crippen MR) is 41.9 cm³/mol.